The van der Waals surface area contributed by atoms with Gasteiger partial charge in [0.15, 0.2) is 0 Å². The molecule has 2 atom stereocenters. The SMILES string of the molecule is CC(CNc1cncc(Cl)n1)S(C)=O. The fraction of sp³-hybridized carbons (Fsp3) is 0.500. The molecule has 0 aliphatic carbocycles. The minimum absolute atomic E-state index is 0.0794. The van der Waals surface area contributed by atoms with Crippen molar-refractivity contribution in [3.05, 3.63) is 17.5 Å². The van der Waals surface area contributed by atoms with Gasteiger partial charge in [0.2, 0.25) is 0 Å². The third-order valence-electron chi connectivity index (χ3n) is 1.74. The van der Waals surface area contributed by atoms with Gasteiger partial charge in [0.1, 0.15) is 11.0 Å². The summed E-state index contributed by atoms with van der Waals surface area (Å²) in [5.41, 5.74) is 0. The Kier molecular flexibility index (Phi) is 4.28. The van der Waals surface area contributed by atoms with E-state index in [2.05, 4.69) is 15.3 Å². The van der Waals surface area contributed by atoms with E-state index in [0.717, 1.165) is 0 Å². The van der Waals surface area contributed by atoms with E-state index >= 15 is 0 Å². The summed E-state index contributed by atoms with van der Waals surface area (Å²) in [6.07, 6.45) is 4.72. The second-order valence-electron chi connectivity index (χ2n) is 2.92. The van der Waals surface area contributed by atoms with E-state index in [0.29, 0.717) is 17.5 Å². The summed E-state index contributed by atoms with van der Waals surface area (Å²) in [6.45, 7) is 2.50. The number of aromatic nitrogens is 2. The highest BCUT2D eigenvalue weighted by Gasteiger charge is 2.05. The molecule has 4 nitrogen and oxygen atoms in total. The van der Waals surface area contributed by atoms with Crippen LogP contribution in [0.5, 0.6) is 0 Å². The van der Waals surface area contributed by atoms with Crippen LogP contribution in [0.3, 0.4) is 0 Å². The van der Waals surface area contributed by atoms with Gasteiger partial charge < -0.3 is 5.32 Å². The molecule has 1 heterocycles. The highest BCUT2D eigenvalue weighted by Crippen LogP contribution is 2.06. The monoisotopic (exact) mass is 233 g/mol. The minimum Gasteiger partial charge on any atom is -0.368 e. The first-order valence-corrected chi connectivity index (χ1v) is 6.13. The van der Waals surface area contributed by atoms with Gasteiger partial charge in [-0.1, -0.05) is 11.6 Å². The zero-order chi connectivity index (χ0) is 10.6. The van der Waals surface area contributed by atoms with Crippen LogP contribution < -0.4 is 5.32 Å². The molecule has 0 aromatic carbocycles. The van der Waals surface area contributed by atoms with Gasteiger partial charge in [-0.3, -0.25) is 9.19 Å². The van der Waals surface area contributed by atoms with Gasteiger partial charge in [0.05, 0.1) is 12.4 Å². The Morgan fingerprint density at radius 1 is 1.64 bits per heavy atom. The van der Waals surface area contributed by atoms with Crippen molar-refractivity contribution in [3.63, 3.8) is 0 Å². The number of nitrogens with zero attached hydrogens (tertiary/aromatic N) is 2. The molecular formula is C8H12ClN3OS. The fourth-order valence-electron chi connectivity index (χ4n) is 0.793. The summed E-state index contributed by atoms with van der Waals surface area (Å²) in [5, 5.41) is 3.44. The molecular weight excluding hydrogens is 222 g/mol. The standard InChI is InChI=1S/C8H12ClN3OS/c1-6(14(2)13)3-11-8-5-10-4-7(9)12-8/h4-6H,3H2,1-2H3,(H,11,12). The van der Waals surface area contributed by atoms with Crippen molar-refractivity contribution in [2.75, 3.05) is 18.1 Å². The van der Waals surface area contributed by atoms with Crippen molar-refractivity contribution < 1.29 is 4.21 Å². The Labute approximate surface area is 90.6 Å². The maximum atomic E-state index is 11.0. The van der Waals surface area contributed by atoms with Crippen molar-refractivity contribution in [3.8, 4) is 0 Å². The zero-order valence-electron chi connectivity index (χ0n) is 8.03. The van der Waals surface area contributed by atoms with E-state index in [1.807, 2.05) is 6.92 Å². The van der Waals surface area contributed by atoms with Crippen LogP contribution in [0.25, 0.3) is 0 Å². The molecule has 1 aromatic rings. The minimum atomic E-state index is -0.833. The second kappa shape index (κ2) is 5.26. The third-order valence-corrected chi connectivity index (χ3v) is 3.22. The Hall–Kier alpha value is -0.680. The van der Waals surface area contributed by atoms with Crippen molar-refractivity contribution in [2.45, 2.75) is 12.2 Å². The van der Waals surface area contributed by atoms with Gasteiger partial charge in [0.25, 0.3) is 0 Å². The smallest absolute Gasteiger partial charge is 0.149 e. The number of anilines is 1. The quantitative estimate of drug-likeness (QED) is 0.852. The van der Waals surface area contributed by atoms with Gasteiger partial charge >= 0.3 is 0 Å². The van der Waals surface area contributed by atoms with Gasteiger partial charge in [-0.2, -0.15) is 0 Å². The fourth-order valence-corrected chi connectivity index (χ4v) is 1.26. The molecule has 1 aromatic heterocycles. The Bertz CT molecular complexity index is 334. The van der Waals surface area contributed by atoms with E-state index in [1.54, 1.807) is 12.5 Å². The van der Waals surface area contributed by atoms with Crippen LogP contribution in [-0.4, -0.2) is 32.2 Å². The summed E-state index contributed by atoms with van der Waals surface area (Å²) in [4.78, 5) is 7.87. The molecule has 0 aliphatic heterocycles. The Morgan fingerprint density at radius 2 is 2.36 bits per heavy atom. The number of halogens is 1. The van der Waals surface area contributed by atoms with Gasteiger partial charge in [0, 0.05) is 28.9 Å². The van der Waals surface area contributed by atoms with Crippen molar-refractivity contribution >= 4 is 28.2 Å². The molecule has 0 saturated heterocycles. The Morgan fingerprint density at radius 3 is 2.93 bits per heavy atom. The molecule has 0 radical (unpaired) electrons. The molecule has 1 rings (SSSR count). The largest absolute Gasteiger partial charge is 0.368 e. The topological polar surface area (TPSA) is 54.9 Å². The zero-order valence-corrected chi connectivity index (χ0v) is 9.60. The van der Waals surface area contributed by atoms with E-state index in [4.69, 9.17) is 11.6 Å². The van der Waals surface area contributed by atoms with Crippen LogP contribution in [0.2, 0.25) is 5.15 Å². The first-order chi connectivity index (χ1) is 6.59. The van der Waals surface area contributed by atoms with Gasteiger partial charge in [-0.15, -0.1) is 0 Å². The maximum Gasteiger partial charge on any atom is 0.149 e. The molecule has 6 heteroatoms. The molecule has 0 saturated carbocycles. The van der Waals surface area contributed by atoms with Gasteiger partial charge in [-0.25, -0.2) is 4.98 Å². The average molecular weight is 234 g/mol. The van der Waals surface area contributed by atoms with E-state index in [1.165, 1.54) is 6.20 Å². The third kappa shape index (κ3) is 3.59. The van der Waals surface area contributed by atoms with Crippen LogP contribution in [0.15, 0.2) is 12.4 Å². The van der Waals surface area contributed by atoms with E-state index < -0.39 is 10.8 Å². The molecule has 14 heavy (non-hydrogen) atoms. The second-order valence-corrected chi connectivity index (χ2v) is 5.11. The summed E-state index contributed by atoms with van der Waals surface area (Å²) in [6, 6.07) is 0. The van der Waals surface area contributed by atoms with Crippen molar-refractivity contribution in [1.29, 1.82) is 0 Å². The van der Waals surface area contributed by atoms with E-state index in [-0.39, 0.29) is 5.25 Å². The lowest BCUT2D eigenvalue weighted by molar-refractivity contribution is 0.678. The predicted octanol–water partition coefficient (Wildman–Crippen LogP) is 1.31. The first-order valence-electron chi connectivity index (χ1n) is 4.13. The van der Waals surface area contributed by atoms with Crippen LogP contribution in [0, 0.1) is 0 Å². The highest BCUT2D eigenvalue weighted by molar-refractivity contribution is 7.84. The molecule has 0 aliphatic rings. The number of hydrogen-bond donors (Lipinski definition) is 1. The highest BCUT2D eigenvalue weighted by atomic mass is 35.5. The summed E-state index contributed by atoms with van der Waals surface area (Å²) in [7, 11) is -0.833. The molecule has 2 unspecified atom stereocenters. The molecule has 1 N–H and O–H groups in total. The van der Waals surface area contributed by atoms with Crippen LogP contribution in [-0.2, 0) is 10.8 Å². The summed E-state index contributed by atoms with van der Waals surface area (Å²) in [5.74, 6) is 0.606. The number of rotatable bonds is 4. The van der Waals surface area contributed by atoms with Crippen molar-refractivity contribution in [2.24, 2.45) is 0 Å². The number of hydrogen-bond acceptors (Lipinski definition) is 4. The van der Waals surface area contributed by atoms with Crippen molar-refractivity contribution in [1.82, 2.24) is 9.97 Å². The van der Waals surface area contributed by atoms with E-state index in [9.17, 15) is 4.21 Å². The lowest BCUT2D eigenvalue weighted by atomic mass is 10.4. The van der Waals surface area contributed by atoms with Gasteiger partial charge in [-0.05, 0) is 6.92 Å². The summed E-state index contributed by atoms with van der Waals surface area (Å²) >= 11 is 5.65. The predicted molar refractivity (Wildman–Crippen MR) is 59.1 cm³/mol. The molecule has 78 valence electrons. The number of nitrogens with one attached hydrogen (secondary N) is 1. The average Bonchev–Trinajstić information content (AvgIpc) is 2.14. The molecule has 0 bridgehead atoms. The lowest BCUT2D eigenvalue weighted by Gasteiger charge is -2.09. The molecule has 0 fully saturated rings. The molecule has 0 spiro atoms. The summed E-state index contributed by atoms with van der Waals surface area (Å²) < 4.78 is 11.0. The lowest BCUT2D eigenvalue weighted by Crippen LogP contribution is -2.21. The normalized spacial score (nSPS) is 14.8. The Balaban J connectivity index is 2.49. The van der Waals surface area contributed by atoms with Crippen LogP contribution >= 0.6 is 11.6 Å². The van der Waals surface area contributed by atoms with Crippen LogP contribution in [0.1, 0.15) is 6.92 Å². The maximum absolute atomic E-state index is 11.0. The van der Waals surface area contributed by atoms with Crippen LogP contribution in [0.4, 0.5) is 5.82 Å². The molecule has 0 amide bonds. The first kappa shape index (κ1) is 11.4.